The molecule has 4 rings (SSSR count). The van der Waals surface area contributed by atoms with E-state index in [-0.39, 0.29) is 11.6 Å². The lowest BCUT2D eigenvalue weighted by atomic mass is 9.65. The molecule has 20 heavy (non-hydrogen) atoms. The summed E-state index contributed by atoms with van der Waals surface area (Å²) < 4.78 is 6.16. The molecule has 0 atom stereocenters. The highest BCUT2D eigenvalue weighted by Crippen LogP contribution is 2.49. The molecule has 3 heterocycles. The van der Waals surface area contributed by atoms with Crippen LogP contribution in [0.15, 0.2) is 16.7 Å². The molecule has 1 aromatic heterocycles. The molecule has 3 aliphatic rings. The molecule has 0 radical (unpaired) electrons. The molecule has 0 spiro atoms. The number of ether oxygens (including phenoxy) is 1. The first-order valence-corrected chi connectivity index (χ1v) is 7.51. The molecule has 2 N–H and O–H groups in total. The number of amides is 1. The first-order valence-electron chi connectivity index (χ1n) is 6.72. The average Bonchev–Trinajstić information content (AvgIpc) is 2.23. The fourth-order valence-electron chi connectivity index (χ4n) is 2.90. The van der Waals surface area contributed by atoms with Crippen molar-refractivity contribution in [1.29, 1.82) is 0 Å². The SMILES string of the molecule is CC(C)(C)OC(=O)NC12CC(C1)Nc1nc(Br)ccc12. The van der Waals surface area contributed by atoms with Crippen LogP contribution in [-0.2, 0) is 10.3 Å². The zero-order valence-electron chi connectivity index (χ0n) is 11.8. The third kappa shape index (κ3) is 2.37. The number of hydrogen-bond donors (Lipinski definition) is 2. The molecule has 1 fully saturated rings. The lowest BCUT2D eigenvalue weighted by molar-refractivity contribution is 0.0350. The van der Waals surface area contributed by atoms with Crippen molar-refractivity contribution in [3.63, 3.8) is 0 Å². The fraction of sp³-hybridized carbons (Fsp3) is 0.571. The minimum Gasteiger partial charge on any atom is -0.444 e. The number of pyridine rings is 1. The van der Waals surface area contributed by atoms with Gasteiger partial charge < -0.3 is 15.4 Å². The maximum Gasteiger partial charge on any atom is 0.408 e. The number of hydrogen-bond acceptors (Lipinski definition) is 4. The van der Waals surface area contributed by atoms with Crippen LogP contribution in [0.1, 0.15) is 39.2 Å². The van der Waals surface area contributed by atoms with Gasteiger partial charge in [-0.05, 0) is 55.6 Å². The van der Waals surface area contributed by atoms with Crippen molar-refractivity contribution in [2.45, 2.75) is 50.8 Å². The first-order chi connectivity index (χ1) is 9.27. The van der Waals surface area contributed by atoms with Crippen LogP contribution in [0.4, 0.5) is 10.6 Å². The van der Waals surface area contributed by atoms with Crippen LogP contribution in [0.5, 0.6) is 0 Å². The molecule has 1 saturated carbocycles. The summed E-state index contributed by atoms with van der Waals surface area (Å²) in [5.41, 5.74) is 0.216. The van der Waals surface area contributed by atoms with Crippen molar-refractivity contribution >= 4 is 27.8 Å². The topological polar surface area (TPSA) is 63.2 Å². The second-order valence-electron chi connectivity index (χ2n) is 6.49. The number of halogens is 1. The minimum absolute atomic E-state index is 0.332. The maximum absolute atomic E-state index is 12.1. The van der Waals surface area contributed by atoms with Gasteiger partial charge in [0, 0.05) is 11.6 Å². The summed E-state index contributed by atoms with van der Waals surface area (Å²) in [6.45, 7) is 5.59. The molecule has 1 amide bonds. The molecule has 1 aliphatic carbocycles. The quantitative estimate of drug-likeness (QED) is 0.771. The Morgan fingerprint density at radius 2 is 2.20 bits per heavy atom. The molecule has 0 saturated heterocycles. The lowest BCUT2D eigenvalue weighted by Gasteiger charge is -2.53. The van der Waals surface area contributed by atoms with Crippen LogP contribution in [0.25, 0.3) is 0 Å². The van der Waals surface area contributed by atoms with Gasteiger partial charge in [0.1, 0.15) is 16.0 Å². The predicted molar refractivity (Wildman–Crippen MR) is 79.6 cm³/mol. The van der Waals surface area contributed by atoms with E-state index < -0.39 is 5.60 Å². The van der Waals surface area contributed by atoms with Crippen LogP contribution >= 0.6 is 15.9 Å². The van der Waals surface area contributed by atoms with E-state index in [2.05, 4.69) is 31.5 Å². The summed E-state index contributed by atoms with van der Waals surface area (Å²) in [7, 11) is 0. The minimum atomic E-state index is -0.489. The zero-order valence-corrected chi connectivity index (χ0v) is 13.4. The van der Waals surface area contributed by atoms with Crippen molar-refractivity contribution in [1.82, 2.24) is 10.3 Å². The van der Waals surface area contributed by atoms with Crippen LogP contribution < -0.4 is 10.6 Å². The van der Waals surface area contributed by atoms with E-state index >= 15 is 0 Å². The van der Waals surface area contributed by atoms with Crippen LogP contribution in [-0.4, -0.2) is 22.7 Å². The summed E-state index contributed by atoms with van der Waals surface area (Å²) >= 11 is 3.37. The smallest absolute Gasteiger partial charge is 0.408 e. The molecule has 0 unspecified atom stereocenters. The summed E-state index contributed by atoms with van der Waals surface area (Å²) in [6, 6.07) is 4.28. The summed E-state index contributed by atoms with van der Waals surface area (Å²) in [4.78, 5) is 16.5. The lowest BCUT2D eigenvalue weighted by Crippen LogP contribution is -2.62. The van der Waals surface area contributed by atoms with E-state index in [0.29, 0.717) is 6.04 Å². The number of alkyl carbamates (subject to hydrolysis) is 1. The summed E-state index contributed by atoms with van der Waals surface area (Å²) in [6.07, 6.45) is 1.39. The van der Waals surface area contributed by atoms with Crippen molar-refractivity contribution in [2.75, 3.05) is 5.32 Å². The molecule has 2 bridgehead atoms. The van der Waals surface area contributed by atoms with Crippen molar-refractivity contribution in [3.05, 3.63) is 22.3 Å². The van der Waals surface area contributed by atoms with Crippen LogP contribution in [0.2, 0.25) is 0 Å². The Kier molecular flexibility index (Phi) is 2.97. The van der Waals surface area contributed by atoms with Gasteiger partial charge in [-0.1, -0.05) is 6.07 Å². The Labute approximate surface area is 126 Å². The molecule has 0 aromatic carbocycles. The van der Waals surface area contributed by atoms with E-state index in [0.717, 1.165) is 28.8 Å². The molecule has 1 aromatic rings. The number of carbonyl (C=O) groups is 1. The van der Waals surface area contributed by atoms with E-state index in [1.807, 2.05) is 32.9 Å². The molecule has 5 nitrogen and oxygen atoms in total. The van der Waals surface area contributed by atoms with Crippen molar-refractivity contribution in [3.8, 4) is 0 Å². The Hall–Kier alpha value is -1.30. The van der Waals surface area contributed by atoms with Gasteiger partial charge in [0.2, 0.25) is 0 Å². The highest BCUT2D eigenvalue weighted by atomic mass is 79.9. The molecular weight excluding hydrogens is 322 g/mol. The number of rotatable bonds is 1. The van der Waals surface area contributed by atoms with E-state index in [9.17, 15) is 4.79 Å². The molecule has 6 heteroatoms. The number of carbonyl (C=O) groups excluding carboxylic acids is 1. The molecular formula is C14H18BrN3O2. The number of nitrogens with one attached hydrogen (secondary N) is 2. The predicted octanol–water partition coefficient (Wildman–Crippen LogP) is 3.15. The van der Waals surface area contributed by atoms with E-state index in [1.54, 1.807) is 0 Å². The van der Waals surface area contributed by atoms with Gasteiger partial charge in [-0.3, -0.25) is 0 Å². The highest BCUT2D eigenvalue weighted by molar-refractivity contribution is 9.10. The normalized spacial score (nSPS) is 26.9. The largest absolute Gasteiger partial charge is 0.444 e. The summed E-state index contributed by atoms with van der Waals surface area (Å²) in [5.74, 6) is 0.845. The fourth-order valence-corrected chi connectivity index (χ4v) is 3.21. The third-order valence-corrected chi connectivity index (χ3v) is 4.09. The van der Waals surface area contributed by atoms with Gasteiger partial charge in [-0.25, -0.2) is 9.78 Å². The number of aromatic nitrogens is 1. The Balaban J connectivity index is 1.83. The highest BCUT2D eigenvalue weighted by Gasteiger charge is 2.52. The van der Waals surface area contributed by atoms with Crippen LogP contribution in [0.3, 0.4) is 0 Å². The number of anilines is 1. The standard InChI is InChI=1S/C14H18BrN3O2/c1-13(2,3)20-12(19)18-14-6-8(7-14)16-11-9(14)4-5-10(15)17-11/h4-5,8H,6-7H2,1-3H3,(H,16,17)(H,18,19). The van der Waals surface area contributed by atoms with Gasteiger partial charge >= 0.3 is 6.09 Å². The summed E-state index contributed by atoms with van der Waals surface area (Å²) in [5, 5.41) is 6.42. The maximum atomic E-state index is 12.1. The van der Waals surface area contributed by atoms with Gasteiger partial charge in [-0.2, -0.15) is 0 Å². The van der Waals surface area contributed by atoms with E-state index in [4.69, 9.17) is 4.74 Å². The second kappa shape index (κ2) is 4.35. The van der Waals surface area contributed by atoms with Crippen LogP contribution in [0, 0.1) is 0 Å². The Morgan fingerprint density at radius 1 is 1.50 bits per heavy atom. The van der Waals surface area contributed by atoms with Gasteiger partial charge in [-0.15, -0.1) is 0 Å². The second-order valence-corrected chi connectivity index (χ2v) is 7.30. The first kappa shape index (κ1) is 13.7. The van der Waals surface area contributed by atoms with Gasteiger partial charge in [0.25, 0.3) is 0 Å². The Bertz CT molecular complexity index is 562. The monoisotopic (exact) mass is 339 g/mol. The Morgan fingerprint density at radius 3 is 2.85 bits per heavy atom. The number of nitrogens with zero attached hydrogens (tertiary/aromatic N) is 1. The van der Waals surface area contributed by atoms with Crippen molar-refractivity contribution < 1.29 is 9.53 Å². The molecule has 108 valence electrons. The zero-order chi connectivity index (χ0) is 14.5. The van der Waals surface area contributed by atoms with Crippen molar-refractivity contribution in [2.24, 2.45) is 0 Å². The average molecular weight is 340 g/mol. The third-order valence-electron chi connectivity index (χ3n) is 3.65. The van der Waals surface area contributed by atoms with Gasteiger partial charge in [0.15, 0.2) is 0 Å². The van der Waals surface area contributed by atoms with E-state index in [1.165, 1.54) is 0 Å². The van der Waals surface area contributed by atoms with Gasteiger partial charge in [0.05, 0.1) is 5.54 Å². The molecule has 2 aliphatic heterocycles.